The number of methoxy groups -OCH3 is 1. The van der Waals surface area contributed by atoms with Crippen LogP contribution in [0.25, 0.3) is 10.9 Å². The maximum atomic E-state index is 12.8. The number of ether oxygens (including phenoxy) is 1. The number of rotatable bonds is 8. The van der Waals surface area contributed by atoms with Crippen molar-refractivity contribution in [3.8, 4) is 0 Å². The fourth-order valence-electron chi connectivity index (χ4n) is 3.52. The van der Waals surface area contributed by atoms with Gasteiger partial charge in [0.05, 0.1) is 18.2 Å². The van der Waals surface area contributed by atoms with Gasteiger partial charge in [-0.2, -0.15) is 0 Å². The number of likely N-dealkylation sites (N-methyl/N-ethyl adjacent to an activating group) is 1. The molecule has 3 aromatic rings. The number of hydrogen-bond donors (Lipinski definition) is 1. The molecule has 0 aliphatic rings. The Balaban J connectivity index is 1.96. The number of fused-ring (bicyclic) bond motifs is 1. The van der Waals surface area contributed by atoms with E-state index in [9.17, 15) is 4.79 Å². The number of nitrogens with one attached hydrogen (secondary N) is 1. The maximum Gasteiger partial charge on any atom is 0.252 e. The van der Waals surface area contributed by atoms with Crippen molar-refractivity contribution in [1.82, 2.24) is 10.3 Å². The predicted octanol–water partition coefficient (Wildman–Crippen LogP) is 4.51. The third-order valence-electron chi connectivity index (χ3n) is 5.21. The van der Waals surface area contributed by atoms with Gasteiger partial charge >= 0.3 is 0 Å². The summed E-state index contributed by atoms with van der Waals surface area (Å²) in [4.78, 5) is 19.9. The molecule has 0 aliphatic heterocycles. The molecule has 1 atom stereocenters. The van der Waals surface area contributed by atoms with E-state index in [0.29, 0.717) is 12.2 Å². The Kier molecular flexibility index (Phi) is 6.83. The molecule has 3 rings (SSSR count). The molecule has 2 aromatic carbocycles. The van der Waals surface area contributed by atoms with Crippen molar-refractivity contribution in [3.63, 3.8) is 0 Å². The van der Waals surface area contributed by atoms with Crippen molar-refractivity contribution < 1.29 is 9.53 Å². The first-order valence-electron chi connectivity index (χ1n) is 10.0. The van der Waals surface area contributed by atoms with Crippen molar-refractivity contribution in [2.24, 2.45) is 0 Å². The van der Waals surface area contributed by atoms with Crippen molar-refractivity contribution >= 4 is 22.6 Å². The summed E-state index contributed by atoms with van der Waals surface area (Å²) in [6.45, 7) is 8.31. The number of anilines is 1. The monoisotopic (exact) mass is 391 g/mol. The molecule has 152 valence electrons. The number of hydrogen-bond acceptors (Lipinski definition) is 4. The Morgan fingerprint density at radius 1 is 1.17 bits per heavy atom. The Bertz CT molecular complexity index is 987. The summed E-state index contributed by atoms with van der Waals surface area (Å²) in [6, 6.07) is 17.6. The number of aryl methyl sites for hydroxylation is 1. The van der Waals surface area contributed by atoms with Crippen LogP contribution in [0, 0.1) is 6.92 Å². The molecule has 1 amide bonds. The molecule has 1 unspecified atom stereocenters. The van der Waals surface area contributed by atoms with Crippen LogP contribution in [0.4, 0.5) is 5.82 Å². The highest BCUT2D eigenvalue weighted by atomic mass is 16.5. The molecule has 1 aromatic heterocycles. The fraction of sp³-hybridized carbons (Fsp3) is 0.333. The van der Waals surface area contributed by atoms with Crippen LogP contribution in [0.2, 0.25) is 0 Å². The number of benzene rings is 2. The molecule has 5 nitrogen and oxygen atoms in total. The quantitative estimate of drug-likeness (QED) is 0.614. The number of carbonyl (C=O) groups is 1. The van der Waals surface area contributed by atoms with Gasteiger partial charge in [-0.1, -0.05) is 36.4 Å². The lowest BCUT2D eigenvalue weighted by Gasteiger charge is -2.24. The molecule has 1 N–H and O–H groups in total. The zero-order valence-corrected chi connectivity index (χ0v) is 17.6. The summed E-state index contributed by atoms with van der Waals surface area (Å²) >= 11 is 0. The zero-order chi connectivity index (χ0) is 20.8. The van der Waals surface area contributed by atoms with Crippen LogP contribution in [0.15, 0.2) is 54.6 Å². The van der Waals surface area contributed by atoms with Crippen LogP contribution >= 0.6 is 0 Å². The molecule has 0 fully saturated rings. The van der Waals surface area contributed by atoms with Crippen LogP contribution in [-0.2, 0) is 4.74 Å². The van der Waals surface area contributed by atoms with Gasteiger partial charge in [-0.15, -0.1) is 0 Å². The predicted molar refractivity (Wildman–Crippen MR) is 119 cm³/mol. The topological polar surface area (TPSA) is 54.5 Å². The molecule has 29 heavy (non-hydrogen) atoms. The maximum absolute atomic E-state index is 12.8. The minimum absolute atomic E-state index is 0.0650. The molecular formula is C24H29N3O2. The summed E-state index contributed by atoms with van der Waals surface area (Å²) in [6.07, 6.45) is 0. The van der Waals surface area contributed by atoms with Gasteiger partial charge in [0, 0.05) is 31.1 Å². The number of carbonyl (C=O) groups excluding carboxylic acids is 1. The third kappa shape index (κ3) is 4.74. The van der Waals surface area contributed by atoms with E-state index in [2.05, 4.69) is 29.3 Å². The Hall–Kier alpha value is -2.92. The van der Waals surface area contributed by atoms with E-state index in [-0.39, 0.29) is 11.9 Å². The van der Waals surface area contributed by atoms with Crippen molar-refractivity contribution in [1.29, 1.82) is 0 Å². The van der Waals surface area contributed by atoms with Gasteiger partial charge in [0.2, 0.25) is 0 Å². The Labute approximate surface area is 172 Å². The lowest BCUT2D eigenvalue weighted by Crippen LogP contribution is -2.29. The SMILES string of the molecule is CCN(CCOC)c1cc(C(C)NC(=O)c2ccccc2C)c2ccccc2n1. The average molecular weight is 392 g/mol. The first kappa shape index (κ1) is 20.8. The fourth-order valence-corrected chi connectivity index (χ4v) is 3.52. The van der Waals surface area contributed by atoms with Gasteiger partial charge in [-0.3, -0.25) is 4.79 Å². The molecule has 0 radical (unpaired) electrons. The second kappa shape index (κ2) is 9.52. The van der Waals surface area contributed by atoms with Gasteiger partial charge < -0.3 is 15.0 Å². The summed E-state index contributed by atoms with van der Waals surface area (Å²) in [5, 5.41) is 4.22. The standard InChI is InChI=1S/C24H29N3O2/c1-5-27(14-15-29-4)23-16-21(20-12-8-9-13-22(20)26-23)18(3)25-24(28)19-11-7-6-10-17(19)2/h6-13,16,18H,5,14-15H2,1-4H3,(H,25,28). The van der Waals surface area contributed by atoms with Gasteiger partial charge in [0.1, 0.15) is 5.82 Å². The summed E-state index contributed by atoms with van der Waals surface area (Å²) in [5.74, 6) is 0.833. The molecule has 0 aliphatic carbocycles. The molecule has 0 saturated heterocycles. The molecule has 1 heterocycles. The minimum atomic E-state index is -0.158. The second-order valence-electron chi connectivity index (χ2n) is 7.17. The molecule has 0 spiro atoms. The van der Waals surface area contributed by atoms with Crippen LogP contribution < -0.4 is 10.2 Å². The number of pyridine rings is 1. The first-order chi connectivity index (χ1) is 14.0. The number of aromatic nitrogens is 1. The molecule has 0 saturated carbocycles. The van der Waals surface area contributed by atoms with Crippen LogP contribution in [0.5, 0.6) is 0 Å². The van der Waals surface area contributed by atoms with Crippen LogP contribution in [0.1, 0.15) is 41.4 Å². The molecule has 0 bridgehead atoms. The van der Waals surface area contributed by atoms with E-state index in [1.54, 1.807) is 7.11 Å². The van der Waals surface area contributed by atoms with Crippen molar-refractivity contribution in [2.75, 3.05) is 31.7 Å². The smallest absolute Gasteiger partial charge is 0.252 e. The molecule has 5 heteroatoms. The third-order valence-corrected chi connectivity index (χ3v) is 5.21. The Morgan fingerprint density at radius 2 is 1.90 bits per heavy atom. The van der Waals surface area contributed by atoms with Gasteiger partial charge in [-0.25, -0.2) is 4.98 Å². The normalized spacial score (nSPS) is 12.0. The van der Waals surface area contributed by atoms with E-state index < -0.39 is 0 Å². The minimum Gasteiger partial charge on any atom is -0.383 e. The van der Waals surface area contributed by atoms with Gasteiger partial charge in [0.15, 0.2) is 0 Å². The van der Waals surface area contributed by atoms with E-state index in [4.69, 9.17) is 9.72 Å². The lowest BCUT2D eigenvalue weighted by molar-refractivity contribution is 0.0939. The van der Waals surface area contributed by atoms with Gasteiger partial charge in [-0.05, 0) is 50.1 Å². The van der Waals surface area contributed by atoms with Crippen LogP contribution in [0.3, 0.4) is 0 Å². The largest absolute Gasteiger partial charge is 0.383 e. The van der Waals surface area contributed by atoms with Crippen molar-refractivity contribution in [2.45, 2.75) is 26.8 Å². The highest BCUT2D eigenvalue weighted by molar-refractivity contribution is 5.96. The molecular weight excluding hydrogens is 362 g/mol. The van der Waals surface area contributed by atoms with Crippen LogP contribution in [-0.4, -0.2) is 37.7 Å². The first-order valence-corrected chi connectivity index (χ1v) is 10.0. The van der Waals surface area contributed by atoms with E-state index in [1.807, 2.05) is 56.3 Å². The Morgan fingerprint density at radius 3 is 2.62 bits per heavy atom. The number of amides is 1. The summed E-state index contributed by atoms with van der Waals surface area (Å²) in [5.41, 5.74) is 3.65. The van der Waals surface area contributed by atoms with E-state index in [0.717, 1.165) is 40.9 Å². The van der Waals surface area contributed by atoms with Crippen molar-refractivity contribution in [3.05, 3.63) is 71.3 Å². The average Bonchev–Trinajstić information content (AvgIpc) is 2.73. The highest BCUT2D eigenvalue weighted by Crippen LogP contribution is 2.28. The number of nitrogens with zero attached hydrogens (tertiary/aromatic N) is 2. The summed E-state index contributed by atoms with van der Waals surface area (Å²) in [7, 11) is 1.70. The van der Waals surface area contributed by atoms with Gasteiger partial charge in [0.25, 0.3) is 5.91 Å². The highest BCUT2D eigenvalue weighted by Gasteiger charge is 2.18. The van der Waals surface area contributed by atoms with E-state index >= 15 is 0 Å². The van der Waals surface area contributed by atoms with E-state index in [1.165, 1.54) is 0 Å². The summed E-state index contributed by atoms with van der Waals surface area (Å²) < 4.78 is 5.25. The number of para-hydroxylation sites is 1. The lowest BCUT2D eigenvalue weighted by atomic mass is 10.0. The second-order valence-corrected chi connectivity index (χ2v) is 7.17. The zero-order valence-electron chi connectivity index (χ0n) is 17.6.